The van der Waals surface area contributed by atoms with Gasteiger partial charge in [-0.15, -0.1) is 0 Å². The second-order valence-corrected chi connectivity index (χ2v) is 7.03. The lowest BCUT2D eigenvalue weighted by atomic mass is 9.84. The highest BCUT2D eigenvalue weighted by Gasteiger charge is 2.25. The molecule has 0 saturated carbocycles. The number of carbonyl (C=O) groups excluding carboxylic acids is 1. The summed E-state index contributed by atoms with van der Waals surface area (Å²) < 4.78 is 0.496. The van der Waals surface area contributed by atoms with Crippen molar-refractivity contribution in [1.29, 1.82) is 0 Å². The molecule has 0 aliphatic heterocycles. The molecule has 0 bridgehead atoms. The van der Waals surface area contributed by atoms with E-state index in [2.05, 4.69) is 21.2 Å². The van der Waals surface area contributed by atoms with E-state index in [-0.39, 0.29) is 23.3 Å². The Bertz CT molecular complexity index is 537. The van der Waals surface area contributed by atoms with E-state index in [0.29, 0.717) is 10.9 Å². The van der Waals surface area contributed by atoms with Gasteiger partial charge in [-0.25, -0.2) is 0 Å². The molecule has 0 saturated heterocycles. The highest BCUT2D eigenvalue weighted by molar-refractivity contribution is 9.10. The van der Waals surface area contributed by atoms with E-state index in [1.807, 2.05) is 20.8 Å². The van der Waals surface area contributed by atoms with E-state index >= 15 is 0 Å². The molecule has 1 amide bonds. The first kappa shape index (κ1) is 17.5. The van der Waals surface area contributed by atoms with Gasteiger partial charge in [0, 0.05) is 12.1 Å². The summed E-state index contributed by atoms with van der Waals surface area (Å²) >= 11 is 3.13. The highest BCUT2D eigenvalue weighted by atomic mass is 79.9. The SMILES string of the molecule is CC(C)(C)CC(CNC(=O)c1ccc(Br)c(O)c1)C(=O)O. The van der Waals surface area contributed by atoms with Crippen molar-refractivity contribution in [3.05, 3.63) is 28.2 Å². The lowest BCUT2D eigenvalue weighted by molar-refractivity contribution is -0.142. The van der Waals surface area contributed by atoms with Crippen molar-refractivity contribution < 1.29 is 19.8 Å². The van der Waals surface area contributed by atoms with E-state index < -0.39 is 17.8 Å². The number of carbonyl (C=O) groups is 2. The molecule has 0 spiro atoms. The number of benzene rings is 1. The predicted molar refractivity (Wildman–Crippen MR) is 83.3 cm³/mol. The second kappa shape index (κ2) is 6.93. The monoisotopic (exact) mass is 357 g/mol. The molecule has 6 heteroatoms. The highest BCUT2D eigenvalue weighted by Crippen LogP contribution is 2.25. The average molecular weight is 358 g/mol. The fraction of sp³-hybridized carbons (Fsp3) is 0.467. The maximum atomic E-state index is 12.0. The third-order valence-corrected chi connectivity index (χ3v) is 3.60. The van der Waals surface area contributed by atoms with Gasteiger partial charge in [0.15, 0.2) is 0 Å². The zero-order chi connectivity index (χ0) is 16.2. The minimum atomic E-state index is -0.927. The molecule has 3 N–H and O–H groups in total. The summed E-state index contributed by atoms with van der Waals surface area (Å²) in [6.45, 7) is 5.93. The maximum Gasteiger partial charge on any atom is 0.308 e. The molecule has 0 fully saturated rings. The van der Waals surface area contributed by atoms with E-state index in [9.17, 15) is 19.8 Å². The van der Waals surface area contributed by atoms with Crippen LogP contribution in [0.25, 0.3) is 0 Å². The zero-order valence-electron chi connectivity index (χ0n) is 12.3. The quantitative estimate of drug-likeness (QED) is 0.755. The number of carboxylic acid groups (broad SMARTS) is 1. The minimum absolute atomic E-state index is 0.0351. The Labute approximate surface area is 132 Å². The molecule has 1 aromatic carbocycles. The largest absolute Gasteiger partial charge is 0.507 e. The number of halogens is 1. The van der Waals surface area contributed by atoms with Gasteiger partial charge < -0.3 is 15.5 Å². The number of phenols is 1. The molecule has 21 heavy (non-hydrogen) atoms. The summed E-state index contributed by atoms with van der Waals surface area (Å²) in [7, 11) is 0. The third-order valence-electron chi connectivity index (χ3n) is 2.93. The summed E-state index contributed by atoms with van der Waals surface area (Å²) in [6.07, 6.45) is 0.466. The molecule has 0 radical (unpaired) electrons. The van der Waals surface area contributed by atoms with Gasteiger partial charge in [0.05, 0.1) is 10.4 Å². The molecule has 0 aromatic heterocycles. The van der Waals surface area contributed by atoms with E-state index in [0.717, 1.165) is 0 Å². The molecule has 1 rings (SSSR count). The van der Waals surface area contributed by atoms with Crippen LogP contribution in [-0.2, 0) is 4.79 Å². The summed E-state index contributed by atoms with van der Waals surface area (Å²) in [5.74, 6) is -2.01. The van der Waals surface area contributed by atoms with Crippen LogP contribution in [-0.4, -0.2) is 28.6 Å². The van der Waals surface area contributed by atoms with Gasteiger partial charge in [0.25, 0.3) is 5.91 Å². The van der Waals surface area contributed by atoms with Gasteiger partial charge in [0.2, 0.25) is 0 Å². The van der Waals surface area contributed by atoms with E-state index in [1.54, 1.807) is 12.1 Å². The number of phenolic OH excluding ortho intramolecular Hbond substituents is 1. The molecule has 1 unspecified atom stereocenters. The number of rotatable bonds is 5. The lowest BCUT2D eigenvalue weighted by Crippen LogP contribution is -2.35. The van der Waals surface area contributed by atoms with Crippen LogP contribution in [0.15, 0.2) is 22.7 Å². The Morgan fingerprint density at radius 3 is 2.43 bits per heavy atom. The Morgan fingerprint density at radius 1 is 1.33 bits per heavy atom. The van der Waals surface area contributed by atoms with Gasteiger partial charge in [-0.3, -0.25) is 9.59 Å². The first-order valence-electron chi connectivity index (χ1n) is 6.59. The first-order chi connectivity index (χ1) is 9.60. The standard InChI is InChI=1S/C15H20BrNO4/c1-15(2,3)7-10(14(20)21)8-17-13(19)9-4-5-11(16)12(18)6-9/h4-6,10,18H,7-8H2,1-3H3,(H,17,19)(H,20,21). The van der Waals surface area contributed by atoms with Crippen molar-refractivity contribution in [3.63, 3.8) is 0 Å². The van der Waals surface area contributed by atoms with Gasteiger partial charge in [0.1, 0.15) is 5.75 Å². The molecule has 5 nitrogen and oxygen atoms in total. The number of aromatic hydroxyl groups is 1. The van der Waals surface area contributed by atoms with Crippen LogP contribution < -0.4 is 5.32 Å². The molecular weight excluding hydrogens is 338 g/mol. The molecule has 1 aromatic rings. The second-order valence-electron chi connectivity index (χ2n) is 6.18. The number of amides is 1. The van der Waals surface area contributed by atoms with Crippen molar-refractivity contribution in [1.82, 2.24) is 5.32 Å². The fourth-order valence-electron chi connectivity index (χ4n) is 1.96. The average Bonchev–Trinajstić information content (AvgIpc) is 2.35. The van der Waals surface area contributed by atoms with E-state index in [1.165, 1.54) is 6.07 Å². The van der Waals surface area contributed by atoms with E-state index in [4.69, 9.17) is 0 Å². The first-order valence-corrected chi connectivity index (χ1v) is 7.39. The molecule has 0 aliphatic rings. The third kappa shape index (κ3) is 5.75. The maximum absolute atomic E-state index is 12.0. The summed E-state index contributed by atoms with van der Waals surface area (Å²) in [5, 5.41) is 21.4. The Balaban J connectivity index is 2.69. The number of aliphatic carboxylic acids is 1. The van der Waals surface area contributed by atoms with Gasteiger partial charge in [-0.2, -0.15) is 0 Å². The number of hydrogen-bond acceptors (Lipinski definition) is 3. The van der Waals surface area contributed by atoms with Crippen molar-refractivity contribution in [2.24, 2.45) is 11.3 Å². The molecular formula is C15H20BrNO4. The number of carboxylic acids is 1. The van der Waals surface area contributed by atoms with Crippen LogP contribution >= 0.6 is 15.9 Å². The van der Waals surface area contributed by atoms with Gasteiger partial charge in [-0.05, 0) is 46.0 Å². The Morgan fingerprint density at radius 2 is 1.95 bits per heavy atom. The summed E-state index contributed by atoms with van der Waals surface area (Å²) in [5.41, 5.74) is 0.152. The number of hydrogen-bond donors (Lipinski definition) is 3. The van der Waals surface area contributed by atoms with Crippen molar-refractivity contribution in [2.45, 2.75) is 27.2 Å². The van der Waals surface area contributed by atoms with Crippen LogP contribution in [0.2, 0.25) is 0 Å². The summed E-state index contributed by atoms with van der Waals surface area (Å²) in [4.78, 5) is 23.2. The molecule has 1 atom stereocenters. The summed E-state index contributed by atoms with van der Waals surface area (Å²) in [6, 6.07) is 4.45. The van der Waals surface area contributed by atoms with Crippen LogP contribution in [0.3, 0.4) is 0 Å². The van der Waals surface area contributed by atoms with Crippen LogP contribution in [0.1, 0.15) is 37.6 Å². The fourth-order valence-corrected chi connectivity index (χ4v) is 2.20. The molecule has 0 aliphatic carbocycles. The normalized spacial score (nSPS) is 12.8. The van der Waals surface area contributed by atoms with Crippen molar-refractivity contribution in [2.75, 3.05) is 6.54 Å². The lowest BCUT2D eigenvalue weighted by Gasteiger charge is -2.23. The predicted octanol–water partition coefficient (Wildman–Crippen LogP) is 3.02. The van der Waals surface area contributed by atoms with Crippen molar-refractivity contribution in [3.8, 4) is 5.75 Å². The van der Waals surface area contributed by atoms with Crippen LogP contribution in [0.5, 0.6) is 5.75 Å². The minimum Gasteiger partial charge on any atom is -0.507 e. The van der Waals surface area contributed by atoms with Gasteiger partial charge >= 0.3 is 5.97 Å². The molecule has 116 valence electrons. The van der Waals surface area contributed by atoms with Crippen LogP contribution in [0.4, 0.5) is 0 Å². The van der Waals surface area contributed by atoms with Gasteiger partial charge in [-0.1, -0.05) is 20.8 Å². The number of nitrogens with one attached hydrogen (secondary N) is 1. The van der Waals surface area contributed by atoms with Crippen LogP contribution in [0, 0.1) is 11.3 Å². The smallest absolute Gasteiger partial charge is 0.308 e. The van der Waals surface area contributed by atoms with Crippen molar-refractivity contribution >= 4 is 27.8 Å². The Kier molecular flexibility index (Phi) is 5.78. The molecule has 0 heterocycles. The Hall–Kier alpha value is -1.56. The topological polar surface area (TPSA) is 86.6 Å². The zero-order valence-corrected chi connectivity index (χ0v) is 13.9.